The maximum atomic E-state index is 10.6. The summed E-state index contributed by atoms with van der Waals surface area (Å²) in [5, 5.41) is 0. The number of aldehydes is 1. The van der Waals surface area contributed by atoms with Gasteiger partial charge in [0, 0.05) is 11.8 Å². The predicted octanol–water partition coefficient (Wildman–Crippen LogP) is 0.397. The van der Waals surface area contributed by atoms with Crippen LogP contribution in [0, 0.1) is 5.41 Å². The van der Waals surface area contributed by atoms with Gasteiger partial charge < -0.3 is 10.5 Å². The third kappa shape index (κ3) is 1.67. The van der Waals surface area contributed by atoms with Crippen molar-refractivity contribution in [1.29, 1.82) is 0 Å². The minimum atomic E-state index is -0.508. The second kappa shape index (κ2) is 2.86. The summed E-state index contributed by atoms with van der Waals surface area (Å²) in [6.45, 7) is 0. The minimum Gasteiger partial charge on any atom is -0.370 e. The first-order valence-electron chi connectivity index (χ1n) is 3.58. The summed E-state index contributed by atoms with van der Waals surface area (Å²) in [6, 6.07) is 0. The minimum absolute atomic E-state index is 0.170. The predicted molar refractivity (Wildman–Crippen MR) is 40.7 cm³/mol. The van der Waals surface area contributed by atoms with E-state index in [2.05, 4.69) is 0 Å². The highest BCUT2D eigenvalue weighted by molar-refractivity contribution is 5.79. The van der Waals surface area contributed by atoms with Gasteiger partial charge in [-0.3, -0.25) is 4.79 Å². The standard InChI is InChI=1S/C8H11NO2/c9-7(11)5-8(6-10)3-1-2-4-8/h1-2,6H,3-5H2,(H2,9,11). The molecule has 0 bridgehead atoms. The Labute approximate surface area is 65.3 Å². The molecule has 0 aliphatic heterocycles. The Morgan fingerprint density at radius 3 is 2.45 bits per heavy atom. The van der Waals surface area contributed by atoms with Gasteiger partial charge in [0.25, 0.3) is 0 Å². The zero-order valence-corrected chi connectivity index (χ0v) is 6.25. The fourth-order valence-corrected chi connectivity index (χ4v) is 1.35. The number of carbonyl (C=O) groups is 2. The van der Waals surface area contributed by atoms with Crippen LogP contribution in [-0.2, 0) is 9.59 Å². The number of primary amides is 1. The number of hydrogen-bond acceptors (Lipinski definition) is 2. The number of allylic oxidation sites excluding steroid dienone is 2. The van der Waals surface area contributed by atoms with Gasteiger partial charge in [-0.2, -0.15) is 0 Å². The quantitative estimate of drug-likeness (QED) is 0.471. The molecule has 0 radical (unpaired) electrons. The van der Waals surface area contributed by atoms with Crippen molar-refractivity contribution in [3.8, 4) is 0 Å². The molecule has 0 saturated heterocycles. The average molecular weight is 153 g/mol. The van der Waals surface area contributed by atoms with E-state index in [1.165, 1.54) is 0 Å². The molecular formula is C8H11NO2. The fourth-order valence-electron chi connectivity index (χ4n) is 1.35. The molecule has 0 spiro atoms. The SMILES string of the molecule is NC(=O)CC1(C=O)CC=CC1. The van der Waals surface area contributed by atoms with Gasteiger partial charge in [0.2, 0.25) is 5.91 Å². The molecule has 60 valence electrons. The molecule has 0 heterocycles. The summed E-state index contributed by atoms with van der Waals surface area (Å²) in [5.74, 6) is -0.402. The highest BCUT2D eigenvalue weighted by Gasteiger charge is 2.32. The molecule has 0 saturated carbocycles. The Hall–Kier alpha value is -1.12. The molecule has 3 nitrogen and oxygen atoms in total. The van der Waals surface area contributed by atoms with Crippen LogP contribution in [0.2, 0.25) is 0 Å². The second-order valence-corrected chi connectivity index (χ2v) is 3.00. The number of carbonyl (C=O) groups excluding carboxylic acids is 2. The third-order valence-corrected chi connectivity index (χ3v) is 1.99. The molecule has 1 aliphatic rings. The van der Waals surface area contributed by atoms with Gasteiger partial charge in [0.1, 0.15) is 6.29 Å². The summed E-state index contributed by atoms with van der Waals surface area (Å²) in [4.78, 5) is 21.2. The molecular weight excluding hydrogens is 142 g/mol. The lowest BCUT2D eigenvalue weighted by Crippen LogP contribution is -2.26. The highest BCUT2D eigenvalue weighted by Crippen LogP contribution is 2.33. The van der Waals surface area contributed by atoms with E-state index in [1.54, 1.807) is 0 Å². The Kier molecular flexibility index (Phi) is 2.08. The lowest BCUT2D eigenvalue weighted by atomic mass is 9.83. The fraction of sp³-hybridized carbons (Fsp3) is 0.500. The molecule has 2 N–H and O–H groups in total. The molecule has 0 fully saturated rings. The van der Waals surface area contributed by atoms with Crippen molar-refractivity contribution in [2.75, 3.05) is 0 Å². The first-order valence-corrected chi connectivity index (χ1v) is 3.58. The molecule has 1 aliphatic carbocycles. The Bertz CT molecular complexity index is 200. The largest absolute Gasteiger partial charge is 0.370 e. The van der Waals surface area contributed by atoms with Crippen LogP contribution in [0.3, 0.4) is 0 Å². The molecule has 0 unspecified atom stereocenters. The summed E-state index contributed by atoms with van der Waals surface area (Å²) in [7, 11) is 0. The second-order valence-electron chi connectivity index (χ2n) is 3.00. The first kappa shape index (κ1) is 7.98. The van der Waals surface area contributed by atoms with Crippen LogP contribution in [0.5, 0.6) is 0 Å². The summed E-state index contributed by atoms with van der Waals surface area (Å²) < 4.78 is 0. The van der Waals surface area contributed by atoms with Crippen LogP contribution in [0.4, 0.5) is 0 Å². The van der Waals surface area contributed by atoms with Crippen LogP contribution >= 0.6 is 0 Å². The first-order chi connectivity index (χ1) is 5.18. The van der Waals surface area contributed by atoms with Crippen molar-refractivity contribution < 1.29 is 9.59 Å². The zero-order chi connectivity index (χ0) is 8.32. The van der Waals surface area contributed by atoms with Gasteiger partial charge in [-0.05, 0) is 12.8 Å². The van der Waals surface area contributed by atoms with E-state index in [1.807, 2.05) is 12.2 Å². The van der Waals surface area contributed by atoms with E-state index in [9.17, 15) is 9.59 Å². The van der Waals surface area contributed by atoms with Crippen molar-refractivity contribution in [3.05, 3.63) is 12.2 Å². The van der Waals surface area contributed by atoms with Crippen LogP contribution in [0.15, 0.2) is 12.2 Å². The van der Waals surface area contributed by atoms with Gasteiger partial charge in [0.15, 0.2) is 0 Å². The van der Waals surface area contributed by atoms with Crippen molar-refractivity contribution in [3.63, 3.8) is 0 Å². The molecule has 1 amide bonds. The lowest BCUT2D eigenvalue weighted by molar-refractivity contribution is -0.125. The number of rotatable bonds is 3. The molecule has 0 aromatic carbocycles. The van der Waals surface area contributed by atoms with Gasteiger partial charge >= 0.3 is 0 Å². The molecule has 11 heavy (non-hydrogen) atoms. The molecule has 0 atom stereocenters. The maximum absolute atomic E-state index is 10.6. The van der Waals surface area contributed by atoms with E-state index in [0.29, 0.717) is 12.8 Å². The molecule has 0 aromatic rings. The van der Waals surface area contributed by atoms with E-state index in [-0.39, 0.29) is 6.42 Å². The van der Waals surface area contributed by atoms with Crippen LogP contribution in [0.25, 0.3) is 0 Å². The monoisotopic (exact) mass is 153 g/mol. The molecule has 1 rings (SSSR count). The zero-order valence-electron chi connectivity index (χ0n) is 6.25. The Balaban J connectivity index is 2.62. The van der Waals surface area contributed by atoms with Gasteiger partial charge in [0.05, 0.1) is 0 Å². The highest BCUT2D eigenvalue weighted by atomic mass is 16.1. The van der Waals surface area contributed by atoms with Crippen molar-refractivity contribution in [2.24, 2.45) is 11.1 Å². The van der Waals surface area contributed by atoms with Gasteiger partial charge in [-0.15, -0.1) is 0 Å². The third-order valence-electron chi connectivity index (χ3n) is 1.99. The summed E-state index contributed by atoms with van der Waals surface area (Å²) in [6.07, 6.45) is 6.15. The lowest BCUT2D eigenvalue weighted by Gasteiger charge is -2.18. The maximum Gasteiger partial charge on any atom is 0.218 e. The number of hydrogen-bond donors (Lipinski definition) is 1. The van der Waals surface area contributed by atoms with Crippen LogP contribution in [-0.4, -0.2) is 12.2 Å². The molecule has 0 aromatic heterocycles. The average Bonchev–Trinajstić information content (AvgIpc) is 2.36. The van der Waals surface area contributed by atoms with Crippen molar-refractivity contribution in [1.82, 2.24) is 0 Å². The number of nitrogens with two attached hydrogens (primary N) is 1. The molecule has 3 heteroatoms. The smallest absolute Gasteiger partial charge is 0.218 e. The van der Waals surface area contributed by atoms with Crippen LogP contribution < -0.4 is 5.73 Å². The van der Waals surface area contributed by atoms with E-state index < -0.39 is 11.3 Å². The van der Waals surface area contributed by atoms with Crippen molar-refractivity contribution >= 4 is 12.2 Å². The Morgan fingerprint density at radius 2 is 2.09 bits per heavy atom. The van der Waals surface area contributed by atoms with E-state index in [0.717, 1.165) is 6.29 Å². The van der Waals surface area contributed by atoms with Crippen molar-refractivity contribution in [2.45, 2.75) is 19.3 Å². The normalized spacial score (nSPS) is 20.0. The van der Waals surface area contributed by atoms with E-state index in [4.69, 9.17) is 5.73 Å². The van der Waals surface area contributed by atoms with Gasteiger partial charge in [-0.25, -0.2) is 0 Å². The topological polar surface area (TPSA) is 60.2 Å². The van der Waals surface area contributed by atoms with Gasteiger partial charge in [-0.1, -0.05) is 12.2 Å². The summed E-state index contributed by atoms with van der Waals surface area (Å²) in [5.41, 5.74) is 4.50. The van der Waals surface area contributed by atoms with Crippen LogP contribution in [0.1, 0.15) is 19.3 Å². The van der Waals surface area contributed by atoms with E-state index >= 15 is 0 Å². The summed E-state index contributed by atoms with van der Waals surface area (Å²) >= 11 is 0. The number of amides is 1. The Morgan fingerprint density at radius 1 is 1.55 bits per heavy atom.